The predicted molar refractivity (Wildman–Crippen MR) is 67.5 cm³/mol. The molecule has 17 heavy (non-hydrogen) atoms. The maximum Gasteiger partial charge on any atom is 0.405 e. The molecular formula is C12H15BrFNO2. The van der Waals surface area contributed by atoms with Crippen molar-refractivity contribution in [2.45, 2.75) is 26.8 Å². The molecule has 1 atom stereocenters. The zero-order valence-electron chi connectivity index (χ0n) is 9.92. The summed E-state index contributed by atoms with van der Waals surface area (Å²) in [5, 5.41) is 11.3. The van der Waals surface area contributed by atoms with Gasteiger partial charge in [0.2, 0.25) is 0 Å². The van der Waals surface area contributed by atoms with Crippen molar-refractivity contribution in [2.75, 3.05) is 0 Å². The summed E-state index contributed by atoms with van der Waals surface area (Å²) in [6.45, 7) is 5.76. The number of rotatable bonds is 2. The Morgan fingerprint density at radius 3 is 2.47 bits per heavy atom. The quantitative estimate of drug-likeness (QED) is 0.869. The Hall–Kier alpha value is -1.10. The monoisotopic (exact) mass is 303 g/mol. The van der Waals surface area contributed by atoms with Gasteiger partial charge in [-0.3, -0.25) is 0 Å². The Kier molecular flexibility index (Phi) is 4.14. The number of nitrogens with one attached hydrogen (secondary N) is 1. The van der Waals surface area contributed by atoms with Gasteiger partial charge in [0.05, 0.1) is 10.5 Å². The molecule has 2 N–H and O–H groups in total. The fourth-order valence-corrected chi connectivity index (χ4v) is 2.01. The molecule has 0 bridgehead atoms. The summed E-state index contributed by atoms with van der Waals surface area (Å²) >= 11 is 3.10. The van der Waals surface area contributed by atoms with Crippen molar-refractivity contribution in [2.24, 2.45) is 5.41 Å². The largest absolute Gasteiger partial charge is 0.465 e. The lowest BCUT2D eigenvalue weighted by Crippen LogP contribution is -2.35. The van der Waals surface area contributed by atoms with Gasteiger partial charge in [0.1, 0.15) is 5.82 Å². The second-order valence-corrected chi connectivity index (χ2v) is 5.78. The van der Waals surface area contributed by atoms with Gasteiger partial charge in [-0.25, -0.2) is 9.18 Å². The predicted octanol–water partition coefficient (Wildman–Crippen LogP) is 3.94. The summed E-state index contributed by atoms with van der Waals surface area (Å²) in [5.74, 6) is -0.364. The molecule has 0 aliphatic carbocycles. The second kappa shape index (κ2) is 5.04. The average molecular weight is 304 g/mol. The SMILES string of the molecule is CC(C)(C)C(NC(=O)O)c1ccc(F)c(Br)c1. The van der Waals surface area contributed by atoms with Crippen LogP contribution in [0.5, 0.6) is 0 Å². The molecule has 0 saturated carbocycles. The molecule has 0 aliphatic heterocycles. The van der Waals surface area contributed by atoms with Crippen molar-refractivity contribution < 1.29 is 14.3 Å². The molecule has 0 saturated heterocycles. The van der Waals surface area contributed by atoms with Crippen LogP contribution in [-0.4, -0.2) is 11.2 Å². The van der Waals surface area contributed by atoms with Crippen LogP contribution in [0.15, 0.2) is 22.7 Å². The Balaban J connectivity index is 3.13. The van der Waals surface area contributed by atoms with Gasteiger partial charge in [-0.15, -0.1) is 0 Å². The minimum absolute atomic E-state index is 0.296. The van der Waals surface area contributed by atoms with Crippen LogP contribution < -0.4 is 5.32 Å². The third-order valence-electron chi connectivity index (χ3n) is 2.41. The lowest BCUT2D eigenvalue weighted by molar-refractivity contribution is 0.175. The van der Waals surface area contributed by atoms with Gasteiger partial charge < -0.3 is 10.4 Å². The molecule has 3 nitrogen and oxygen atoms in total. The van der Waals surface area contributed by atoms with Crippen molar-refractivity contribution >= 4 is 22.0 Å². The maximum atomic E-state index is 13.1. The molecule has 1 aromatic carbocycles. The van der Waals surface area contributed by atoms with Gasteiger partial charge in [-0.2, -0.15) is 0 Å². The molecule has 0 aliphatic rings. The van der Waals surface area contributed by atoms with Gasteiger partial charge >= 0.3 is 6.09 Å². The van der Waals surface area contributed by atoms with Crippen LogP contribution in [0.2, 0.25) is 0 Å². The molecule has 0 aromatic heterocycles. The lowest BCUT2D eigenvalue weighted by atomic mass is 9.82. The molecule has 5 heteroatoms. The van der Waals surface area contributed by atoms with E-state index in [9.17, 15) is 9.18 Å². The first-order valence-electron chi connectivity index (χ1n) is 5.16. The minimum atomic E-state index is -1.09. The number of halogens is 2. The van der Waals surface area contributed by atoms with E-state index in [0.29, 0.717) is 4.47 Å². The van der Waals surface area contributed by atoms with Crippen molar-refractivity contribution in [1.29, 1.82) is 0 Å². The van der Waals surface area contributed by atoms with E-state index < -0.39 is 12.1 Å². The lowest BCUT2D eigenvalue weighted by Gasteiger charge is -2.31. The number of amides is 1. The van der Waals surface area contributed by atoms with Crippen LogP contribution in [0.25, 0.3) is 0 Å². The van der Waals surface area contributed by atoms with Crippen LogP contribution in [0.1, 0.15) is 32.4 Å². The second-order valence-electron chi connectivity index (χ2n) is 4.92. The summed E-state index contributed by atoms with van der Waals surface area (Å²) < 4.78 is 13.5. The van der Waals surface area contributed by atoms with Crippen LogP contribution in [0, 0.1) is 11.2 Å². The Morgan fingerprint density at radius 2 is 2.06 bits per heavy atom. The number of carboxylic acid groups (broad SMARTS) is 1. The van der Waals surface area contributed by atoms with Gasteiger partial charge in [-0.05, 0) is 39.0 Å². The van der Waals surface area contributed by atoms with Crippen molar-refractivity contribution in [1.82, 2.24) is 5.32 Å². The molecule has 0 fully saturated rings. The zero-order chi connectivity index (χ0) is 13.2. The Morgan fingerprint density at radius 1 is 1.47 bits per heavy atom. The molecular weight excluding hydrogens is 289 g/mol. The van der Waals surface area contributed by atoms with Gasteiger partial charge in [0, 0.05) is 0 Å². The minimum Gasteiger partial charge on any atom is -0.465 e. The van der Waals surface area contributed by atoms with Crippen LogP contribution in [-0.2, 0) is 0 Å². The highest BCUT2D eigenvalue weighted by molar-refractivity contribution is 9.10. The Labute approximate surface area is 108 Å². The zero-order valence-corrected chi connectivity index (χ0v) is 11.5. The Bertz CT molecular complexity index is 429. The van der Waals surface area contributed by atoms with Crippen molar-refractivity contribution in [3.8, 4) is 0 Å². The number of hydrogen-bond acceptors (Lipinski definition) is 1. The topological polar surface area (TPSA) is 49.3 Å². The van der Waals surface area contributed by atoms with Gasteiger partial charge in [0.25, 0.3) is 0 Å². The first kappa shape index (κ1) is 14.0. The molecule has 0 radical (unpaired) electrons. The van der Waals surface area contributed by atoms with Crippen LogP contribution in [0.3, 0.4) is 0 Å². The third-order valence-corrected chi connectivity index (χ3v) is 3.02. The van der Waals surface area contributed by atoms with E-state index in [1.807, 2.05) is 20.8 Å². The summed E-state index contributed by atoms with van der Waals surface area (Å²) in [6.07, 6.45) is -1.09. The highest BCUT2D eigenvalue weighted by Gasteiger charge is 2.28. The summed E-state index contributed by atoms with van der Waals surface area (Å²) in [6, 6.07) is 4.12. The van der Waals surface area contributed by atoms with Crippen molar-refractivity contribution in [3.63, 3.8) is 0 Å². The van der Waals surface area contributed by atoms with E-state index in [1.54, 1.807) is 12.1 Å². The van der Waals surface area contributed by atoms with Crippen LogP contribution in [0.4, 0.5) is 9.18 Å². The van der Waals surface area contributed by atoms with E-state index in [4.69, 9.17) is 5.11 Å². The number of carbonyl (C=O) groups is 1. The van der Waals surface area contributed by atoms with Crippen LogP contribution >= 0.6 is 15.9 Å². The molecule has 0 heterocycles. The standard InChI is InChI=1S/C12H15BrFNO2/c1-12(2,3)10(15-11(16)17)7-4-5-9(14)8(13)6-7/h4-6,10,15H,1-3H3,(H,16,17). The maximum absolute atomic E-state index is 13.1. The normalized spacial score (nSPS) is 13.2. The molecule has 94 valence electrons. The molecule has 1 amide bonds. The first-order valence-corrected chi connectivity index (χ1v) is 5.95. The van der Waals surface area contributed by atoms with Gasteiger partial charge in [-0.1, -0.05) is 26.8 Å². The molecule has 0 spiro atoms. The molecule has 1 rings (SSSR count). The highest BCUT2D eigenvalue weighted by Crippen LogP contribution is 2.34. The smallest absolute Gasteiger partial charge is 0.405 e. The average Bonchev–Trinajstić information content (AvgIpc) is 2.17. The summed E-state index contributed by atoms with van der Waals surface area (Å²) in [5.41, 5.74) is 0.434. The molecule has 1 unspecified atom stereocenters. The van der Waals surface area contributed by atoms with E-state index in [-0.39, 0.29) is 11.2 Å². The first-order chi connectivity index (χ1) is 7.71. The highest BCUT2D eigenvalue weighted by atomic mass is 79.9. The van der Waals surface area contributed by atoms with E-state index in [1.165, 1.54) is 6.07 Å². The number of hydrogen-bond donors (Lipinski definition) is 2. The van der Waals surface area contributed by atoms with E-state index >= 15 is 0 Å². The van der Waals surface area contributed by atoms with Gasteiger partial charge in [0.15, 0.2) is 0 Å². The van der Waals surface area contributed by atoms with E-state index in [0.717, 1.165) is 5.56 Å². The van der Waals surface area contributed by atoms with E-state index in [2.05, 4.69) is 21.2 Å². The summed E-state index contributed by atoms with van der Waals surface area (Å²) in [7, 11) is 0. The fraction of sp³-hybridized carbons (Fsp3) is 0.417. The number of benzene rings is 1. The third kappa shape index (κ3) is 3.70. The van der Waals surface area contributed by atoms with Crippen molar-refractivity contribution in [3.05, 3.63) is 34.1 Å². The fourth-order valence-electron chi connectivity index (χ4n) is 1.62. The molecule has 1 aromatic rings. The summed E-state index contributed by atoms with van der Waals surface area (Å²) in [4.78, 5) is 10.8.